The molecule has 0 saturated heterocycles. The predicted molar refractivity (Wildman–Crippen MR) is 67.2 cm³/mol. The molecule has 0 aliphatic heterocycles. The number of unbranched alkanes of at least 4 members (excludes halogenated alkanes) is 6. The summed E-state index contributed by atoms with van der Waals surface area (Å²) in [6.07, 6.45) is 9.77. The first kappa shape index (κ1) is 14.1. The highest BCUT2D eigenvalue weighted by atomic mass is 28.3. The molecule has 0 N–H and O–H groups in total. The number of carbonyl (C=O) groups is 1. The molecule has 84 valence electrons. The van der Waals surface area contributed by atoms with Gasteiger partial charge in [-0.2, -0.15) is 0 Å². The Balaban J connectivity index is 3.01. The molecule has 0 aliphatic carbocycles. The smallest absolute Gasteiger partial charge is 0.221 e. The Kier molecular flexibility index (Phi) is 11.2. The summed E-state index contributed by atoms with van der Waals surface area (Å²) in [5.74, 6) is 0. The van der Waals surface area contributed by atoms with Gasteiger partial charge < -0.3 is 8.91 Å². The minimum atomic E-state index is -0.779. The van der Waals surface area contributed by atoms with Crippen molar-refractivity contribution in [3.8, 4) is 0 Å². The lowest BCUT2D eigenvalue weighted by Crippen LogP contribution is -2.10. The van der Waals surface area contributed by atoms with Gasteiger partial charge >= 0.3 is 0 Å². The number of hydrogen-bond donors (Lipinski definition) is 0. The van der Waals surface area contributed by atoms with Crippen LogP contribution in [-0.2, 0) is 8.91 Å². The Morgan fingerprint density at radius 3 is 2.29 bits per heavy atom. The molecule has 0 aromatic rings. The van der Waals surface area contributed by atoms with Crippen molar-refractivity contribution >= 4 is 25.7 Å². The quantitative estimate of drug-likeness (QED) is 0.415. The van der Waals surface area contributed by atoms with Gasteiger partial charge in [-0.05, 0) is 6.42 Å². The van der Waals surface area contributed by atoms with Crippen molar-refractivity contribution in [3.63, 3.8) is 0 Å². The van der Waals surface area contributed by atoms with Crippen LogP contribution in [0, 0.1) is 0 Å². The minimum Gasteiger partial charge on any atom is -0.463 e. The van der Waals surface area contributed by atoms with E-state index in [0.29, 0.717) is 5.41 Å². The molecule has 0 aromatic heterocycles. The van der Waals surface area contributed by atoms with Crippen LogP contribution in [0.15, 0.2) is 0 Å². The van der Waals surface area contributed by atoms with E-state index in [1.165, 1.54) is 38.5 Å². The van der Waals surface area contributed by atoms with Crippen molar-refractivity contribution < 1.29 is 8.91 Å². The third kappa shape index (κ3) is 10.1. The first-order valence-corrected chi connectivity index (χ1v) is 7.92. The van der Waals surface area contributed by atoms with E-state index >= 15 is 0 Å². The van der Waals surface area contributed by atoms with Crippen molar-refractivity contribution in [3.05, 3.63) is 0 Å². The number of carbonyl (C=O) groups excluding carboxylic acids is 1. The molecule has 0 atom stereocenters. The van der Waals surface area contributed by atoms with E-state index in [9.17, 15) is 4.79 Å². The Morgan fingerprint density at radius 2 is 1.71 bits per heavy atom. The average Bonchev–Trinajstić information content (AvgIpc) is 2.17. The molecule has 0 aromatic carbocycles. The van der Waals surface area contributed by atoms with Crippen LogP contribution < -0.4 is 0 Å². The average molecular weight is 232 g/mol. The van der Waals surface area contributed by atoms with Gasteiger partial charge in [0.15, 0.2) is 0 Å². The maximum Gasteiger partial charge on any atom is 0.221 e. The summed E-state index contributed by atoms with van der Waals surface area (Å²) < 4.78 is 5.04. The van der Waals surface area contributed by atoms with Crippen molar-refractivity contribution in [2.24, 2.45) is 0 Å². The Bertz CT molecular complexity index is 140. The Labute approximate surface area is 93.3 Å². The van der Waals surface area contributed by atoms with Crippen LogP contribution in [0.25, 0.3) is 0 Å². The van der Waals surface area contributed by atoms with Gasteiger partial charge in [0, 0.05) is 6.42 Å². The Morgan fingerprint density at radius 1 is 1.14 bits per heavy atom. The number of rotatable bonds is 10. The summed E-state index contributed by atoms with van der Waals surface area (Å²) in [4.78, 5) is 11.1. The normalized spacial score (nSPS) is 11.5. The topological polar surface area (TPSA) is 26.3 Å². The zero-order chi connectivity index (χ0) is 10.6. The van der Waals surface area contributed by atoms with E-state index in [1.807, 2.05) is 0 Å². The zero-order valence-corrected chi connectivity index (χ0v) is 13.1. The second kappa shape index (κ2) is 11.1. The van der Waals surface area contributed by atoms with Gasteiger partial charge in [-0.15, -0.1) is 0 Å². The summed E-state index contributed by atoms with van der Waals surface area (Å²) in [5, 5.41) is 0.411. The standard InChI is InChI=1S/C10H24O2Si2/c1-2-3-4-5-6-7-8-9-10(11)14-12-13/h2-9,14H2,1,13H3. The van der Waals surface area contributed by atoms with Gasteiger partial charge in [0.05, 0.1) is 0 Å². The molecule has 0 spiro atoms. The summed E-state index contributed by atoms with van der Waals surface area (Å²) in [5.41, 5.74) is 0. The molecule has 0 fully saturated rings. The fraction of sp³-hybridized carbons (Fsp3) is 0.900. The first-order valence-electron chi connectivity index (χ1n) is 5.82. The number of hydrogen-bond acceptors (Lipinski definition) is 2. The molecule has 0 amide bonds. The second-order valence-corrected chi connectivity index (χ2v) is 7.23. The van der Waals surface area contributed by atoms with Gasteiger partial charge in [0.25, 0.3) is 0 Å². The van der Waals surface area contributed by atoms with E-state index in [4.69, 9.17) is 4.12 Å². The molecule has 0 saturated carbocycles. The maximum absolute atomic E-state index is 11.1. The highest BCUT2D eigenvalue weighted by molar-refractivity contribution is 6.70. The largest absolute Gasteiger partial charge is 0.463 e. The lowest BCUT2D eigenvalue weighted by Gasteiger charge is -2.00. The third-order valence-electron chi connectivity index (χ3n) is 2.36. The van der Waals surface area contributed by atoms with E-state index in [1.54, 1.807) is 0 Å². The molecule has 4 heteroatoms. The van der Waals surface area contributed by atoms with E-state index < -0.39 is 9.76 Å². The van der Waals surface area contributed by atoms with E-state index in [2.05, 4.69) is 6.92 Å². The molecule has 0 aliphatic rings. The first-order chi connectivity index (χ1) is 6.81. The summed E-state index contributed by atoms with van der Waals surface area (Å²) in [6.45, 7) is 2.23. The van der Waals surface area contributed by atoms with E-state index in [0.717, 1.165) is 23.3 Å². The molecule has 2 nitrogen and oxygen atoms in total. The maximum atomic E-state index is 11.1. The van der Waals surface area contributed by atoms with Crippen LogP contribution in [0.3, 0.4) is 0 Å². The van der Waals surface area contributed by atoms with Crippen LogP contribution >= 0.6 is 0 Å². The molecule has 0 heterocycles. The lowest BCUT2D eigenvalue weighted by molar-refractivity contribution is -0.112. The molecular formula is C10H24O2Si2. The molecule has 0 unspecified atom stereocenters. The van der Waals surface area contributed by atoms with Gasteiger partial charge in [-0.3, -0.25) is 0 Å². The van der Waals surface area contributed by atoms with Crippen LogP contribution in [-0.4, -0.2) is 25.7 Å². The van der Waals surface area contributed by atoms with Crippen LogP contribution in [0.2, 0.25) is 0 Å². The summed E-state index contributed by atoms with van der Waals surface area (Å²) in [6, 6.07) is 0. The molecule has 0 rings (SSSR count). The van der Waals surface area contributed by atoms with Crippen LogP contribution in [0.1, 0.15) is 58.3 Å². The van der Waals surface area contributed by atoms with Crippen LogP contribution in [0.4, 0.5) is 0 Å². The lowest BCUT2D eigenvalue weighted by atomic mass is 10.1. The fourth-order valence-corrected chi connectivity index (χ4v) is 3.19. The van der Waals surface area contributed by atoms with Crippen molar-refractivity contribution in [2.75, 3.05) is 0 Å². The minimum absolute atomic E-state index is 0.411. The van der Waals surface area contributed by atoms with Gasteiger partial charge in [0.2, 0.25) is 9.76 Å². The molecule has 0 bridgehead atoms. The van der Waals surface area contributed by atoms with E-state index in [-0.39, 0.29) is 0 Å². The third-order valence-corrected chi connectivity index (χ3v) is 4.19. The molecule has 14 heavy (non-hydrogen) atoms. The monoisotopic (exact) mass is 232 g/mol. The predicted octanol–water partition coefficient (Wildman–Crippen LogP) is 1.03. The summed E-state index contributed by atoms with van der Waals surface area (Å²) in [7, 11) is -0.0398. The molecule has 0 radical (unpaired) electrons. The van der Waals surface area contributed by atoms with Crippen molar-refractivity contribution in [1.82, 2.24) is 0 Å². The fourth-order valence-electron chi connectivity index (χ4n) is 1.51. The van der Waals surface area contributed by atoms with Crippen molar-refractivity contribution in [1.29, 1.82) is 0 Å². The SMILES string of the molecule is CCCCCCCCCC(=O)[SiH2]O[SiH3]. The van der Waals surface area contributed by atoms with Gasteiger partial charge in [0.1, 0.15) is 15.9 Å². The highest BCUT2D eigenvalue weighted by Gasteiger charge is 2.00. The van der Waals surface area contributed by atoms with Crippen LogP contribution in [0.5, 0.6) is 0 Å². The molecular weight excluding hydrogens is 208 g/mol. The highest BCUT2D eigenvalue weighted by Crippen LogP contribution is 2.08. The van der Waals surface area contributed by atoms with Crippen molar-refractivity contribution in [2.45, 2.75) is 58.3 Å². The zero-order valence-electron chi connectivity index (χ0n) is 9.68. The van der Waals surface area contributed by atoms with Gasteiger partial charge in [-0.1, -0.05) is 45.4 Å². The summed E-state index contributed by atoms with van der Waals surface area (Å²) >= 11 is 0. The Hall–Kier alpha value is 0.0638. The van der Waals surface area contributed by atoms with Gasteiger partial charge in [-0.25, -0.2) is 0 Å². The second-order valence-electron chi connectivity index (χ2n) is 3.84.